The molecule has 1 aromatic carbocycles. The molecular weight excluding hydrogens is 554 g/mol. The van der Waals surface area contributed by atoms with Crippen LogP contribution < -0.4 is 20.7 Å². The quantitative estimate of drug-likeness (QED) is 0.278. The van der Waals surface area contributed by atoms with Crippen LogP contribution in [0, 0.1) is 11.8 Å². The molecule has 42 heavy (non-hydrogen) atoms. The summed E-state index contributed by atoms with van der Waals surface area (Å²) >= 11 is 0. The Morgan fingerprint density at radius 3 is 2.21 bits per heavy atom. The van der Waals surface area contributed by atoms with Crippen molar-refractivity contribution >= 4 is 29.8 Å². The van der Waals surface area contributed by atoms with Crippen LogP contribution in [0.1, 0.15) is 60.3 Å². The summed E-state index contributed by atoms with van der Waals surface area (Å²) in [5.74, 6) is -7.64. The third kappa shape index (κ3) is 9.95. The van der Waals surface area contributed by atoms with Crippen LogP contribution in [0.4, 0.5) is 18.4 Å². The van der Waals surface area contributed by atoms with Crippen molar-refractivity contribution < 1.29 is 42.2 Å². The highest BCUT2D eigenvalue weighted by Gasteiger charge is 2.46. The Hall–Kier alpha value is -3.77. The molecule has 234 valence electrons. The number of alkyl carbamates (subject to hydrolysis) is 1. The molecule has 0 saturated carbocycles. The van der Waals surface area contributed by atoms with Crippen LogP contribution in [0.3, 0.4) is 0 Å². The molecule has 1 heterocycles. The van der Waals surface area contributed by atoms with Crippen molar-refractivity contribution in [2.24, 2.45) is 11.8 Å². The molecule has 0 aromatic heterocycles. The second kappa shape index (κ2) is 16.0. The monoisotopic (exact) mass is 596 g/mol. The lowest BCUT2D eigenvalue weighted by Crippen LogP contribution is -2.59. The van der Waals surface area contributed by atoms with Crippen molar-refractivity contribution in [3.8, 4) is 5.75 Å². The Bertz CT molecular complexity index is 1090. The normalized spacial score (nSPS) is 16.5. The highest BCUT2D eigenvalue weighted by Crippen LogP contribution is 2.23. The number of benzene rings is 1. The zero-order valence-corrected chi connectivity index (χ0v) is 24.8. The highest BCUT2D eigenvalue weighted by molar-refractivity contribution is 5.97. The van der Waals surface area contributed by atoms with Crippen molar-refractivity contribution in [1.82, 2.24) is 20.9 Å². The SMILES string of the molecule is CCCCOC(=O)NCC(F)(F)C(=O)[C@@H](NC(=O)[C@@H]1CCCN1C(=O)[C@@H](NC(=O)Oc1ccccc1)C(C)C)C(C)C. The summed E-state index contributed by atoms with van der Waals surface area (Å²) in [5, 5.41) is 6.86. The van der Waals surface area contributed by atoms with Gasteiger partial charge in [0, 0.05) is 6.54 Å². The summed E-state index contributed by atoms with van der Waals surface area (Å²) in [5.41, 5.74) is 0. The molecule has 13 heteroatoms. The second-order valence-corrected chi connectivity index (χ2v) is 10.9. The van der Waals surface area contributed by atoms with Crippen LogP contribution in [-0.4, -0.2) is 78.4 Å². The molecule has 3 atom stereocenters. The van der Waals surface area contributed by atoms with E-state index in [0.29, 0.717) is 12.8 Å². The van der Waals surface area contributed by atoms with Gasteiger partial charge in [0.2, 0.25) is 17.6 Å². The maximum Gasteiger partial charge on any atom is 0.413 e. The first kappa shape index (κ1) is 34.4. The number of likely N-dealkylation sites (tertiary alicyclic amines) is 1. The predicted molar refractivity (Wildman–Crippen MR) is 150 cm³/mol. The van der Waals surface area contributed by atoms with Crippen molar-refractivity contribution in [1.29, 1.82) is 0 Å². The van der Waals surface area contributed by atoms with E-state index in [1.54, 1.807) is 44.2 Å². The summed E-state index contributed by atoms with van der Waals surface area (Å²) in [6.07, 6.45) is 0.112. The first-order chi connectivity index (χ1) is 19.8. The van der Waals surface area contributed by atoms with Crippen LogP contribution in [0.25, 0.3) is 0 Å². The first-order valence-corrected chi connectivity index (χ1v) is 14.3. The minimum atomic E-state index is -3.98. The molecule has 0 radical (unpaired) electrons. The van der Waals surface area contributed by atoms with Crippen molar-refractivity contribution in [2.75, 3.05) is 19.7 Å². The maximum absolute atomic E-state index is 14.8. The fraction of sp³-hybridized carbons (Fsp3) is 0.621. The van der Waals surface area contributed by atoms with E-state index in [4.69, 9.17) is 9.47 Å². The predicted octanol–water partition coefficient (Wildman–Crippen LogP) is 3.66. The molecule has 11 nitrogen and oxygen atoms in total. The van der Waals surface area contributed by atoms with Gasteiger partial charge < -0.3 is 30.3 Å². The molecule has 3 N–H and O–H groups in total. The van der Waals surface area contributed by atoms with Gasteiger partial charge in [-0.15, -0.1) is 0 Å². The fourth-order valence-electron chi connectivity index (χ4n) is 4.39. The Morgan fingerprint density at radius 2 is 1.62 bits per heavy atom. The molecule has 1 aliphatic heterocycles. The van der Waals surface area contributed by atoms with Crippen LogP contribution in [0.15, 0.2) is 30.3 Å². The second-order valence-electron chi connectivity index (χ2n) is 10.9. The number of ether oxygens (including phenoxy) is 2. The molecule has 0 bridgehead atoms. The van der Waals surface area contributed by atoms with Crippen LogP contribution in [0.5, 0.6) is 5.75 Å². The molecule has 1 aromatic rings. The standard InChI is InChI=1S/C29H42F2N4O7/c1-6-7-16-41-27(39)32-17-29(30,31)24(36)22(18(2)3)33-25(37)21-14-11-15-35(21)26(38)23(19(4)5)34-28(40)42-20-12-9-8-10-13-20/h8-10,12-13,18-19,21-23H,6-7,11,14-17H2,1-5H3,(H,32,39)(H,33,37)(H,34,40)/t21-,22-,23-/m0/s1. The van der Waals surface area contributed by atoms with E-state index in [1.165, 1.54) is 18.7 Å². The van der Waals surface area contributed by atoms with Gasteiger partial charge in [0.25, 0.3) is 0 Å². The molecule has 4 amide bonds. The zero-order valence-electron chi connectivity index (χ0n) is 24.8. The van der Waals surface area contributed by atoms with E-state index in [1.807, 2.05) is 12.2 Å². The highest BCUT2D eigenvalue weighted by atomic mass is 19.3. The Balaban J connectivity index is 2.07. The molecular formula is C29H42F2N4O7. The number of nitrogens with one attached hydrogen (secondary N) is 3. The van der Waals surface area contributed by atoms with Gasteiger partial charge in [-0.3, -0.25) is 14.4 Å². The van der Waals surface area contributed by atoms with Crippen molar-refractivity contribution in [3.05, 3.63) is 30.3 Å². The van der Waals surface area contributed by atoms with E-state index in [2.05, 4.69) is 10.6 Å². The fourth-order valence-corrected chi connectivity index (χ4v) is 4.39. The number of ketones is 1. The van der Waals surface area contributed by atoms with E-state index in [-0.39, 0.29) is 31.2 Å². The molecule has 0 unspecified atom stereocenters. The van der Waals surface area contributed by atoms with Gasteiger partial charge in [0.15, 0.2) is 0 Å². The molecule has 1 fully saturated rings. The summed E-state index contributed by atoms with van der Waals surface area (Å²) in [7, 11) is 0. The largest absolute Gasteiger partial charge is 0.450 e. The average Bonchev–Trinajstić information content (AvgIpc) is 3.43. The average molecular weight is 597 g/mol. The number of hydrogen-bond acceptors (Lipinski definition) is 7. The molecule has 2 rings (SSSR count). The van der Waals surface area contributed by atoms with E-state index < -0.39 is 66.3 Å². The van der Waals surface area contributed by atoms with Gasteiger partial charge in [-0.1, -0.05) is 59.2 Å². The topological polar surface area (TPSA) is 143 Å². The van der Waals surface area contributed by atoms with E-state index >= 15 is 0 Å². The number of rotatable bonds is 14. The van der Waals surface area contributed by atoms with Crippen LogP contribution in [0.2, 0.25) is 0 Å². The van der Waals surface area contributed by atoms with Gasteiger partial charge in [-0.05, 0) is 43.2 Å². The summed E-state index contributed by atoms with van der Waals surface area (Å²) in [4.78, 5) is 65.0. The Labute approximate surface area is 245 Å². The molecule has 0 spiro atoms. The van der Waals surface area contributed by atoms with Gasteiger partial charge in [0.05, 0.1) is 19.2 Å². The lowest BCUT2D eigenvalue weighted by atomic mass is 9.95. The van der Waals surface area contributed by atoms with Gasteiger partial charge in [-0.25, -0.2) is 9.59 Å². The van der Waals surface area contributed by atoms with E-state index in [0.717, 1.165) is 6.42 Å². The summed E-state index contributed by atoms with van der Waals surface area (Å²) in [6.45, 7) is 7.29. The number of carbonyl (C=O) groups excluding carboxylic acids is 5. The van der Waals surface area contributed by atoms with E-state index in [9.17, 15) is 32.8 Å². The third-order valence-corrected chi connectivity index (χ3v) is 6.79. The van der Waals surface area contributed by atoms with Gasteiger partial charge >= 0.3 is 18.1 Å². The minimum absolute atomic E-state index is 0.0601. The number of unbranched alkanes of at least 4 members (excludes halogenated alkanes) is 1. The first-order valence-electron chi connectivity index (χ1n) is 14.3. The molecule has 0 aliphatic carbocycles. The third-order valence-electron chi connectivity index (χ3n) is 6.79. The number of para-hydroxylation sites is 1. The van der Waals surface area contributed by atoms with Crippen molar-refractivity contribution in [3.63, 3.8) is 0 Å². The molecule has 1 aliphatic rings. The number of carbonyl (C=O) groups is 5. The minimum Gasteiger partial charge on any atom is -0.450 e. The number of nitrogens with zero attached hydrogens (tertiary/aromatic N) is 1. The maximum atomic E-state index is 14.8. The van der Waals surface area contributed by atoms with Crippen LogP contribution in [-0.2, 0) is 19.1 Å². The summed E-state index contributed by atoms with van der Waals surface area (Å²) < 4.78 is 39.6. The van der Waals surface area contributed by atoms with Gasteiger partial charge in [0.1, 0.15) is 17.8 Å². The lowest BCUT2D eigenvalue weighted by molar-refractivity contribution is -0.148. The number of alkyl halides is 2. The number of halogens is 2. The Morgan fingerprint density at radius 1 is 0.976 bits per heavy atom. The van der Waals surface area contributed by atoms with Crippen LogP contribution >= 0.6 is 0 Å². The number of amides is 4. The van der Waals surface area contributed by atoms with Crippen molar-refractivity contribution in [2.45, 2.75) is 84.4 Å². The lowest BCUT2D eigenvalue weighted by Gasteiger charge is -2.32. The number of Topliss-reactive ketones (excluding diaryl/α,β-unsaturated/α-hetero) is 1. The Kier molecular flexibility index (Phi) is 13.1. The smallest absolute Gasteiger partial charge is 0.413 e. The number of hydrogen-bond donors (Lipinski definition) is 3. The summed E-state index contributed by atoms with van der Waals surface area (Å²) in [6, 6.07) is 4.66. The zero-order chi connectivity index (χ0) is 31.4. The van der Waals surface area contributed by atoms with Gasteiger partial charge in [-0.2, -0.15) is 8.78 Å². The molecule has 1 saturated heterocycles.